The van der Waals surface area contributed by atoms with E-state index in [-0.39, 0.29) is 17.7 Å². The van der Waals surface area contributed by atoms with Crippen LogP contribution in [0.2, 0.25) is 5.02 Å². The van der Waals surface area contributed by atoms with E-state index in [0.29, 0.717) is 10.6 Å². The molecule has 0 fully saturated rings. The number of nitrogens with zero attached hydrogens (tertiary/aromatic N) is 3. The Kier molecular flexibility index (Phi) is 3.77. The Bertz CT molecular complexity index is 888. The van der Waals surface area contributed by atoms with Crippen LogP contribution in [0.4, 0.5) is 11.9 Å². The highest BCUT2D eigenvalue weighted by Crippen LogP contribution is 2.23. The summed E-state index contributed by atoms with van der Waals surface area (Å²) >= 11 is 5.87. The van der Waals surface area contributed by atoms with Gasteiger partial charge in [-0.05, 0) is 24.3 Å². The minimum Gasteiger partial charge on any atom is -0.403 e. The summed E-state index contributed by atoms with van der Waals surface area (Å²) in [7, 11) is 0. The number of benzene rings is 1. The van der Waals surface area contributed by atoms with Crippen LogP contribution in [0.3, 0.4) is 0 Å². The molecule has 0 atom stereocenters. The monoisotopic (exact) mass is 334 g/mol. The second-order valence-corrected chi connectivity index (χ2v) is 4.71. The number of anilines is 1. The van der Waals surface area contributed by atoms with Gasteiger partial charge in [0.25, 0.3) is 5.91 Å². The van der Waals surface area contributed by atoms with E-state index in [0.717, 1.165) is 6.07 Å². The van der Waals surface area contributed by atoms with E-state index in [9.17, 15) is 14.9 Å². The normalized spacial score (nSPS) is 10.5. The van der Waals surface area contributed by atoms with Crippen molar-refractivity contribution in [3.8, 4) is 11.5 Å². The van der Waals surface area contributed by atoms with E-state index in [2.05, 4.69) is 15.5 Å². The van der Waals surface area contributed by atoms with Crippen LogP contribution in [0.5, 0.6) is 0 Å². The van der Waals surface area contributed by atoms with Gasteiger partial charge >= 0.3 is 11.9 Å². The van der Waals surface area contributed by atoms with Gasteiger partial charge in [-0.25, -0.2) is 0 Å². The quantitative estimate of drug-likeness (QED) is 0.573. The Balaban J connectivity index is 1.75. The van der Waals surface area contributed by atoms with Crippen LogP contribution in [-0.4, -0.2) is 21.0 Å². The zero-order valence-electron chi connectivity index (χ0n) is 11.2. The van der Waals surface area contributed by atoms with Crippen LogP contribution in [0.1, 0.15) is 10.6 Å². The number of carbonyl (C=O) groups is 1. The van der Waals surface area contributed by atoms with Crippen molar-refractivity contribution >= 4 is 29.4 Å². The van der Waals surface area contributed by atoms with E-state index >= 15 is 0 Å². The fraction of sp³-hybridized carbons (Fsp3) is 0. The maximum Gasteiger partial charge on any atom is 0.433 e. The molecule has 0 spiro atoms. The third-order valence-corrected chi connectivity index (χ3v) is 2.95. The first-order valence-electron chi connectivity index (χ1n) is 6.18. The summed E-state index contributed by atoms with van der Waals surface area (Å²) in [5, 5.41) is 20.7. The van der Waals surface area contributed by atoms with Gasteiger partial charge in [-0.3, -0.25) is 20.2 Å². The number of rotatable bonds is 4. The zero-order valence-corrected chi connectivity index (χ0v) is 12.0. The summed E-state index contributed by atoms with van der Waals surface area (Å²) in [5.74, 6) is -1.38. The number of amides is 1. The van der Waals surface area contributed by atoms with Crippen molar-refractivity contribution in [2.75, 3.05) is 5.32 Å². The fourth-order valence-electron chi connectivity index (χ4n) is 1.72. The van der Waals surface area contributed by atoms with Crippen molar-refractivity contribution in [3.05, 3.63) is 57.3 Å². The molecule has 9 nitrogen and oxygen atoms in total. The standard InChI is InChI=1S/C13H7ClN4O5/c14-8-3-1-2-7(6-8)12-16-17-13(23-12)15-11(19)9-4-5-10(22-9)18(20)21/h1-6H,(H,15,17,19). The second kappa shape index (κ2) is 5.89. The molecule has 0 unspecified atom stereocenters. The number of halogens is 1. The van der Waals surface area contributed by atoms with Gasteiger partial charge in [-0.2, -0.15) is 0 Å². The largest absolute Gasteiger partial charge is 0.433 e. The molecule has 2 heterocycles. The Morgan fingerprint density at radius 3 is 2.74 bits per heavy atom. The lowest BCUT2D eigenvalue weighted by atomic mass is 10.2. The molecular weight excluding hydrogens is 328 g/mol. The molecule has 10 heteroatoms. The topological polar surface area (TPSA) is 124 Å². The zero-order chi connectivity index (χ0) is 16.4. The third-order valence-electron chi connectivity index (χ3n) is 2.71. The van der Waals surface area contributed by atoms with Gasteiger partial charge in [0.1, 0.15) is 4.92 Å². The van der Waals surface area contributed by atoms with Crippen LogP contribution in [0, 0.1) is 10.1 Å². The van der Waals surface area contributed by atoms with Gasteiger partial charge in [-0.15, -0.1) is 5.10 Å². The number of hydrogen-bond donors (Lipinski definition) is 1. The van der Waals surface area contributed by atoms with Crippen LogP contribution in [0.15, 0.2) is 45.2 Å². The molecule has 0 radical (unpaired) electrons. The molecule has 0 aliphatic carbocycles. The van der Waals surface area contributed by atoms with Gasteiger partial charge in [0.15, 0.2) is 5.76 Å². The van der Waals surface area contributed by atoms with Gasteiger partial charge in [0, 0.05) is 10.6 Å². The summed E-state index contributed by atoms with van der Waals surface area (Å²) in [6.07, 6.45) is 0. The average molecular weight is 335 g/mol. The Labute approximate surface area is 133 Å². The lowest BCUT2D eigenvalue weighted by molar-refractivity contribution is -0.402. The molecule has 2 aromatic heterocycles. The van der Waals surface area contributed by atoms with Crippen LogP contribution in [0.25, 0.3) is 11.5 Å². The van der Waals surface area contributed by atoms with Gasteiger partial charge in [0.2, 0.25) is 5.89 Å². The van der Waals surface area contributed by atoms with Gasteiger partial charge < -0.3 is 8.83 Å². The van der Waals surface area contributed by atoms with Crippen molar-refractivity contribution in [2.24, 2.45) is 0 Å². The maximum absolute atomic E-state index is 11.9. The third kappa shape index (κ3) is 3.19. The predicted octanol–water partition coefficient (Wildman–Crippen LogP) is 3.14. The summed E-state index contributed by atoms with van der Waals surface area (Å²) in [5.41, 5.74) is 0.583. The highest BCUT2D eigenvalue weighted by Gasteiger charge is 2.19. The number of aromatic nitrogens is 2. The van der Waals surface area contributed by atoms with E-state index in [1.54, 1.807) is 24.3 Å². The molecule has 116 valence electrons. The minimum absolute atomic E-state index is 0.160. The maximum atomic E-state index is 11.9. The molecule has 0 saturated carbocycles. The number of nitrogens with one attached hydrogen (secondary N) is 1. The number of nitro groups is 1. The van der Waals surface area contributed by atoms with E-state index < -0.39 is 16.7 Å². The molecular formula is C13H7ClN4O5. The first-order chi connectivity index (χ1) is 11.0. The molecule has 3 rings (SSSR count). The van der Waals surface area contributed by atoms with Crippen molar-refractivity contribution in [1.29, 1.82) is 0 Å². The summed E-state index contributed by atoms with van der Waals surface area (Å²) in [6.45, 7) is 0. The number of furan rings is 1. The van der Waals surface area contributed by atoms with E-state index in [1.165, 1.54) is 6.07 Å². The van der Waals surface area contributed by atoms with Crippen LogP contribution < -0.4 is 5.32 Å². The van der Waals surface area contributed by atoms with E-state index in [1.807, 2.05) is 0 Å². The molecule has 1 aromatic carbocycles. The van der Waals surface area contributed by atoms with Crippen molar-refractivity contribution in [2.45, 2.75) is 0 Å². The summed E-state index contributed by atoms with van der Waals surface area (Å²) in [6, 6.07) is 8.79. The Morgan fingerprint density at radius 1 is 1.22 bits per heavy atom. The smallest absolute Gasteiger partial charge is 0.403 e. The molecule has 23 heavy (non-hydrogen) atoms. The molecule has 0 aliphatic rings. The van der Waals surface area contributed by atoms with Crippen LogP contribution >= 0.6 is 11.6 Å². The summed E-state index contributed by atoms with van der Waals surface area (Å²) < 4.78 is 10.1. The van der Waals surface area contributed by atoms with Crippen molar-refractivity contribution in [1.82, 2.24) is 10.2 Å². The highest BCUT2D eigenvalue weighted by atomic mass is 35.5. The Hall–Kier alpha value is -3.20. The summed E-state index contributed by atoms with van der Waals surface area (Å²) in [4.78, 5) is 21.6. The van der Waals surface area contributed by atoms with Gasteiger partial charge in [0.05, 0.1) is 6.07 Å². The highest BCUT2D eigenvalue weighted by molar-refractivity contribution is 6.30. The lowest BCUT2D eigenvalue weighted by Crippen LogP contribution is -2.11. The molecule has 3 aromatic rings. The molecule has 1 N–H and O–H groups in total. The SMILES string of the molecule is O=C(Nc1nnc(-c2cccc(Cl)c2)o1)c1ccc([N+](=O)[O-])o1. The van der Waals surface area contributed by atoms with Gasteiger partial charge in [-0.1, -0.05) is 22.8 Å². The molecule has 1 amide bonds. The van der Waals surface area contributed by atoms with E-state index in [4.69, 9.17) is 20.4 Å². The molecule has 0 saturated heterocycles. The number of hydrogen-bond acceptors (Lipinski definition) is 7. The van der Waals surface area contributed by atoms with Crippen molar-refractivity contribution in [3.63, 3.8) is 0 Å². The average Bonchev–Trinajstić information content (AvgIpc) is 3.16. The molecule has 0 aliphatic heterocycles. The second-order valence-electron chi connectivity index (χ2n) is 4.27. The van der Waals surface area contributed by atoms with Crippen molar-refractivity contribution < 1.29 is 18.6 Å². The minimum atomic E-state index is -0.751. The number of carbonyl (C=O) groups excluding carboxylic acids is 1. The fourth-order valence-corrected chi connectivity index (χ4v) is 1.91. The first kappa shape index (κ1) is 14.7. The Morgan fingerprint density at radius 2 is 2.04 bits per heavy atom. The van der Waals surface area contributed by atoms with Crippen LogP contribution in [-0.2, 0) is 0 Å². The predicted molar refractivity (Wildman–Crippen MR) is 78.1 cm³/mol. The first-order valence-corrected chi connectivity index (χ1v) is 6.56. The lowest BCUT2D eigenvalue weighted by Gasteiger charge is -1.96. The molecule has 0 bridgehead atoms.